The first-order valence-corrected chi connectivity index (χ1v) is 8.57. The third-order valence-electron chi connectivity index (χ3n) is 3.84. The van der Waals surface area contributed by atoms with Crippen molar-refractivity contribution in [1.29, 1.82) is 5.26 Å². The number of anilines is 2. The Morgan fingerprint density at radius 1 is 1.48 bits per heavy atom. The first-order valence-electron chi connectivity index (χ1n) is 8.03. The van der Waals surface area contributed by atoms with E-state index in [1.165, 1.54) is 4.90 Å². The summed E-state index contributed by atoms with van der Waals surface area (Å²) >= 11 is 5.67. The number of ether oxygens (including phenoxy) is 1. The Hall–Kier alpha value is -2.52. The average molecular weight is 362 g/mol. The SMILES string of the molecule is C=CCCC(=O)N1CCOc2cc(N(CCC#N)C(=O)CCl)ccc21. The summed E-state index contributed by atoms with van der Waals surface area (Å²) < 4.78 is 5.67. The van der Waals surface area contributed by atoms with E-state index in [0.29, 0.717) is 43.1 Å². The Morgan fingerprint density at radius 2 is 2.28 bits per heavy atom. The van der Waals surface area contributed by atoms with Gasteiger partial charge < -0.3 is 14.5 Å². The van der Waals surface area contributed by atoms with Gasteiger partial charge in [0.05, 0.1) is 24.7 Å². The molecule has 0 unspecified atom stereocenters. The molecule has 1 aromatic rings. The van der Waals surface area contributed by atoms with Crippen LogP contribution in [0.25, 0.3) is 0 Å². The van der Waals surface area contributed by atoms with E-state index in [2.05, 4.69) is 6.58 Å². The molecule has 0 radical (unpaired) electrons. The van der Waals surface area contributed by atoms with Crippen LogP contribution in [0.2, 0.25) is 0 Å². The minimum Gasteiger partial charge on any atom is -0.489 e. The van der Waals surface area contributed by atoms with E-state index in [4.69, 9.17) is 21.6 Å². The average Bonchev–Trinajstić information content (AvgIpc) is 2.65. The largest absolute Gasteiger partial charge is 0.489 e. The third kappa shape index (κ3) is 4.52. The van der Waals surface area contributed by atoms with Crippen molar-refractivity contribution in [3.63, 3.8) is 0 Å². The molecule has 0 aromatic heterocycles. The van der Waals surface area contributed by atoms with E-state index in [1.807, 2.05) is 6.07 Å². The molecule has 0 bridgehead atoms. The number of rotatable bonds is 7. The Kier molecular flexibility index (Phi) is 6.84. The number of nitrogens with zero attached hydrogens (tertiary/aromatic N) is 3. The maximum Gasteiger partial charge on any atom is 0.241 e. The Balaban J connectivity index is 2.28. The lowest BCUT2D eigenvalue weighted by molar-refractivity contribution is -0.119. The van der Waals surface area contributed by atoms with E-state index in [-0.39, 0.29) is 30.7 Å². The van der Waals surface area contributed by atoms with Gasteiger partial charge in [-0.25, -0.2) is 0 Å². The normalized spacial score (nSPS) is 12.6. The molecule has 0 saturated carbocycles. The van der Waals surface area contributed by atoms with Gasteiger partial charge >= 0.3 is 0 Å². The number of benzene rings is 1. The number of alkyl halides is 1. The van der Waals surface area contributed by atoms with E-state index in [9.17, 15) is 9.59 Å². The number of amides is 2. The molecule has 1 heterocycles. The molecule has 1 aromatic carbocycles. The van der Waals surface area contributed by atoms with Crippen molar-refractivity contribution in [3.8, 4) is 11.8 Å². The maximum absolute atomic E-state index is 12.3. The Labute approximate surface area is 152 Å². The van der Waals surface area contributed by atoms with Crippen LogP contribution < -0.4 is 14.5 Å². The fourth-order valence-electron chi connectivity index (χ4n) is 2.63. The summed E-state index contributed by atoms with van der Waals surface area (Å²) in [6.45, 7) is 4.76. The minimum atomic E-state index is -0.286. The Bertz CT molecular complexity index is 699. The quantitative estimate of drug-likeness (QED) is 0.553. The topological polar surface area (TPSA) is 73.6 Å². The van der Waals surface area contributed by atoms with Crippen molar-refractivity contribution in [2.75, 3.05) is 35.4 Å². The molecule has 0 aliphatic carbocycles. The maximum atomic E-state index is 12.3. The van der Waals surface area contributed by atoms with Gasteiger partial charge in [0.1, 0.15) is 18.2 Å². The molecular formula is C18H20ClN3O3. The highest BCUT2D eigenvalue weighted by Crippen LogP contribution is 2.36. The molecule has 0 fully saturated rings. The number of allylic oxidation sites excluding steroid dienone is 1. The molecule has 0 N–H and O–H groups in total. The van der Waals surface area contributed by atoms with Crippen molar-refractivity contribution in [2.24, 2.45) is 0 Å². The third-order valence-corrected chi connectivity index (χ3v) is 4.07. The van der Waals surface area contributed by atoms with Crippen molar-refractivity contribution in [1.82, 2.24) is 0 Å². The summed E-state index contributed by atoms with van der Waals surface area (Å²) in [5.74, 6) is 0.0946. The van der Waals surface area contributed by atoms with Crippen molar-refractivity contribution < 1.29 is 14.3 Å². The highest BCUT2D eigenvalue weighted by atomic mass is 35.5. The van der Waals surface area contributed by atoms with Gasteiger partial charge in [-0.1, -0.05) is 6.08 Å². The highest BCUT2D eigenvalue weighted by Gasteiger charge is 2.25. The number of hydrogen-bond donors (Lipinski definition) is 0. The van der Waals surface area contributed by atoms with Gasteiger partial charge in [-0.05, 0) is 18.6 Å². The van der Waals surface area contributed by atoms with Gasteiger partial charge in [0.2, 0.25) is 11.8 Å². The first kappa shape index (κ1) is 18.8. The second-order valence-electron chi connectivity index (χ2n) is 5.46. The van der Waals surface area contributed by atoms with E-state index < -0.39 is 0 Å². The standard InChI is InChI=1S/C18H20ClN3O3/c1-2-3-5-17(23)22-10-11-25-16-12-14(6-7-15(16)22)21(9-4-8-20)18(24)13-19/h2,6-7,12H,1,3-5,9-11,13H2. The van der Waals surface area contributed by atoms with Gasteiger partial charge in [0.15, 0.2) is 0 Å². The lowest BCUT2D eigenvalue weighted by atomic mass is 10.1. The zero-order valence-electron chi connectivity index (χ0n) is 13.9. The summed E-state index contributed by atoms with van der Waals surface area (Å²) in [6.07, 6.45) is 2.93. The van der Waals surface area contributed by atoms with Crippen LogP contribution in [0.15, 0.2) is 30.9 Å². The van der Waals surface area contributed by atoms with Crippen LogP contribution in [0.4, 0.5) is 11.4 Å². The molecule has 2 amide bonds. The summed E-state index contributed by atoms with van der Waals surface area (Å²) in [7, 11) is 0. The minimum absolute atomic E-state index is 0.00960. The summed E-state index contributed by atoms with van der Waals surface area (Å²) in [5.41, 5.74) is 1.28. The number of carbonyl (C=O) groups is 2. The molecule has 0 spiro atoms. The van der Waals surface area contributed by atoms with Gasteiger partial charge in [-0.2, -0.15) is 5.26 Å². The number of fused-ring (bicyclic) bond motifs is 1. The molecule has 7 heteroatoms. The van der Waals surface area contributed by atoms with Gasteiger partial charge in [0, 0.05) is 24.7 Å². The molecule has 0 saturated heterocycles. The van der Waals surface area contributed by atoms with Gasteiger partial charge in [-0.15, -0.1) is 18.2 Å². The molecule has 1 aliphatic rings. The van der Waals surface area contributed by atoms with Crippen LogP contribution >= 0.6 is 11.6 Å². The highest BCUT2D eigenvalue weighted by molar-refractivity contribution is 6.29. The molecule has 6 nitrogen and oxygen atoms in total. The van der Waals surface area contributed by atoms with Gasteiger partial charge in [0.25, 0.3) is 0 Å². The predicted octanol–water partition coefficient (Wildman–Crippen LogP) is 2.86. The van der Waals surface area contributed by atoms with E-state index >= 15 is 0 Å². The van der Waals surface area contributed by atoms with Gasteiger partial charge in [-0.3, -0.25) is 9.59 Å². The van der Waals surface area contributed by atoms with Crippen molar-refractivity contribution in [3.05, 3.63) is 30.9 Å². The van der Waals surface area contributed by atoms with Crippen molar-refractivity contribution >= 4 is 34.8 Å². The number of nitriles is 1. The zero-order valence-corrected chi connectivity index (χ0v) is 14.7. The van der Waals surface area contributed by atoms with Crippen LogP contribution in [-0.2, 0) is 9.59 Å². The fraction of sp³-hybridized carbons (Fsp3) is 0.389. The zero-order chi connectivity index (χ0) is 18.2. The summed E-state index contributed by atoms with van der Waals surface area (Å²) in [4.78, 5) is 27.5. The molecular weight excluding hydrogens is 342 g/mol. The number of halogens is 1. The van der Waals surface area contributed by atoms with Crippen LogP contribution in [-0.4, -0.2) is 37.4 Å². The molecule has 2 rings (SSSR count). The second kappa shape index (κ2) is 9.09. The van der Waals surface area contributed by atoms with E-state index in [0.717, 1.165) is 0 Å². The molecule has 1 aliphatic heterocycles. The van der Waals surface area contributed by atoms with Crippen LogP contribution in [0.3, 0.4) is 0 Å². The summed E-state index contributed by atoms with van der Waals surface area (Å²) in [6, 6.07) is 7.23. The Morgan fingerprint density at radius 3 is 2.96 bits per heavy atom. The van der Waals surface area contributed by atoms with Crippen LogP contribution in [0.1, 0.15) is 19.3 Å². The fourth-order valence-corrected chi connectivity index (χ4v) is 2.77. The number of carbonyl (C=O) groups excluding carboxylic acids is 2. The molecule has 132 valence electrons. The first-order chi connectivity index (χ1) is 12.1. The lowest BCUT2D eigenvalue weighted by Gasteiger charge is -2.31. The predicted molar refractivity (Wildman–Crippen MR) is 97.0 cm³/mol. The molecule has 0 atom stereocenters. The summed E-state index contributed by atoms with van der Waals surface area (Å²) in [5, 5.41) is 8.78. The monoisotopic (exact) mass is 361 g/mol. The van der Waals surface area contributed by atoms with Crippen LogP contribution in [0, 0.1) is 11.3 Å². The van der Waals surface area contributed by atoms with Crippen LogP contribution in [0.5, 0.6) is 5.75 Å². The second-order valence-corrected chi connectivity index (χ2v) is 5.73. The smallest absolute Gasteiger partial charge is 0.241 e. The lowest BCUT2D eigenvalue weighted by Crippen LogP contribution is -2.38. The van der Waals surface area contributed by atoms with E-state index in [1.54, 1.807) is 29.2 Å². The number of hydrogen-bond acceptors (Lipinski definition) is 4. The molecule has 25 heavy (non-hydrogen) atoms. The van der Waals surface area contributed by atoms with Crippen molar-refractivity contribution in [2.45, 2.75) is 19.3 Å².